The first-order valence-electron chi connectivity index (χ1n) is 4.38. The summed E-state index contributed by atoms with van der Waals surface area (Å²) in [6, 6.07) is 4.75. The molecule has 2 N–H and O–H groups in total. The van der Waals surface area contributed by atoms with Crippen molar-refractivity contribution in [3.8, 4) is 0 Å². The molecule has 0 saturated heterocycles. The van der Waals surface area contributed by atoms with Crippen LogP contribution >= 0.6 is 0 Å². The standard InChI is InChI=1S/C10H9N3O2/c1-11-10-12-5-7-4-6(9(14)15)2-3-8(7)13-10/h2-5H,1H3,(H,14,15)(H,11,12,13). The van der Waals surface area contributed by atoms with Crippen molar-refractivity contribution >= 4 is 22.8 Å². The molecule has 0 unspecified atom stereocenters. The van der Waals surface area contributed by atoms with Crippen LogP contribution in [0.1, 0.15) is 10.4 Å². The molecule has 0 radical (unpaired) electrons. The quantitative estimate of drug-likeness (QED) is 0.770. The van der Waals surface area contributed by atoms with Gasteiger partial charge < -0.3 is 10.4 Å². The van der Waals surface area contributed by atoms with E-state index in [1.54, 1.807) is 25.4 Å². The van der Waals surface area contributed by atoms with Crippen molar-refractivity contribution in [1.82, 2.24) is 9.97 Å². The van der Waals surface area contributed by atoms with Crippen molar-refractivity contribution in [2.75, 3.05) is 12.4 Å². The Morgan fingerprint density at radius 1 is 1.47 bits per heavy atom. The average molecular weight is 203 g/mol. The van der Waals surface area contributed by atoms with Crippen molar-refractivity contribution in [2.24, 2.45) is 0 Å². The van der Waals surface area contributed by atoms with E-state index in [2.05, 4.69) is 15.3 Å². The second-order valence-corrected chi connectivity index (χ2v) is 3.02. The highest BCUT2D eigenvalue weighted by Gasteiger charge is 2.04. The minimum Gasteiger partial charge on any atom is -0.478 e. The van der Waals surface area contributed by atoms with E-state index in [0.717, 1.165) is 5.52 Å². The van der Waals surface area contributed by atoms with E-state index in [0.29, 0.717) is 11.3 Å². The number of aromatic nitrogens is 2. The van der Waals surface area contributed by atoms with Crippen LogP contribution in [0.3, 0.4) is 0 Å². The van der Waals surface area contributed by atoms with Gasteiger partial charge in [0.25, 0.3) is 0 Å². The summed E-state index contributed by atoms with van der Waals surface area (Å²) in [6.07, 6.45) is 1.60. The van der Waals surface area contributed by atoms with Crippen LogP contribution in [0.25, 0.3) is 10.9 Å². The second kappa shape index (κ2) is 3.53. The van der Waals surface area contributed by atoms with E-state index in [1.807, 2.05) is 0 Å². The summed E-state index contributed by atoms with van der Waals surface area (Å²) < 4.78 is 0. The maximum atomic E-state index is 10.7. The third kappa shape index (κ3) is 1.71. The summed E-state index contributed by atoms with van der Waals surface area (Å²) in [4.78, 5) is 18.9. The normalized spacial score (nSPS) is 10.2. The number of hydrogen-bond acceptors (Lipinski definition) is 4. The number of fused-ring (bicyclic) bond motifs is 1. The average Bonchev–Trinajstić information content (AvgIpc) is 2.27. The van der Waals surface area contributed by atoms with E-state index in [9.17, 15) is 4.79 Å². The molecule has 0 aliphatic heterocycles. The number of carbonyl (C=O) groups is 1. The zero-order valence-electron chi connectivity index (χ0n) is 8.06. The molecule has 1 aromatic heterocycles. The molecule has 0 fully saturated rings. The molecule has 2 rings (SSSR count). The van der Waals surface area contributed by atoms with Crippen LogP contribution in [0.5, 0.6) is 0 Å². The lowest BCUT2D eigenvalue weighted by Crippen LogP contribution is -1.98. The number of rotatable bonds is 2. The van der Waals surface area contributed by atoms with Gasteiger partial charge in [-0.05, 0) is 18.2 Å². The topological polar surface area (TPSA) is 75.1 Å². The maximum Gasteiger partial charge on any atom is 0.335 e. The predicted molar refractivity (Wildman–Crippen MR) is 56.0 cm³/mol. The van der Waals surface area contributed by atoms with Crippen molar-refractivity contribution in [3.63, 3.8) is 0 Å². The molecule has 5 heteroatoms. The minimum atomic E-state index is -0.949. The summed E-state index contributed by atoms with van der Waals surface area (Å²) in [6.45, 7) is 0. The van der Waals surface area contributed by atoms with Crippen molar-refractivity contribution < 1.29 is 9.90 Å². The Hall–Kier alpha value is -2.17. The minimum absolute atomic E-state index is 0.239. The summed E-state index contributed by atoms with van der Waals surface area (Å²) in [5.41, 5.74) is 0.961. The van der Waals surface area contributed by atoms with Gasteiger partial charge in [-0.3, -0.25) is 0 Å². The van der Waals surface area contributed by atoms with Crippen molar-refractivity contribution in [3.05, 3.63) is 30.0 Å². The number of anilines is 1. The molecule has 1 aromatic carbocycles. The number of nitrogens with zero attached hydrogens (tertiary/aromatic N) is 2. The molecule has 0 aliphatic rings. The van der Waals surface area contributed by atoms with Gasteiger partial charge in [-0.2, -0.15) is 0 Å². The Kier molecular flexibility index (Phi) is 2.21. The summed E-state index contributed by atoms with van der Waals surface area (Å²) >= 11 is 0. The SMILES string of the molecule is CNc1ncc2cc(C(=O)O)ccc2n1. The maximum absolute atomic E-state index is 10.7. The van der Waals surface area contributed by atoms with Crippen LogP contribution in [0.15, 0.2) is 24.4 Å². The van der Waals surface area contributed by atoms with Gasteiger partial charge in [0, 0.05) is 18.6 Å². The van der Waals surface area contributed by atoms with Crippen LogP contribution in [-0.4, -0.2) is 28.1 Å². The third-order valence-electron chi connectivity index (χ3n) is 2.05. The number of carboxylic acid groups (broad SMARTS) is 1. The molecular formula is C10H9N3O2. The highest BCUT2D eigenvalue weighted by molar-refractivity contribution is 5.93. The van der Waals surface area contributed by atoms with Crippen LogP contribution in [0.2, 0.25) is 0 Å². The van der Waals surface area contributed by atoms with Crippen LogP contribution in [-0.2, 0) is 0 Å². The van der Waals surface area contributed by atoms with Crippen molar-refractivity contribution in [2.45, 2.75) is 0 Å². The van der Waals surface area contributed by atoms with E-state index >= 15 is 0 Å². The second-order valence-electron chi connectivity index (χ2n) is 3.02. The highest BCUT2D eigenvalue weighted by atomic mass is 16.4. The highest BCUT2D eigenvalue weighted by Crippen LogP contribution is 2.14. The van der Waals surface area contributed by atoms with Gasteiger partial charge >= 0.3 is 5.97 Å². The molecule has 0 atom stereocenters. The summed E-state index contributed by atoms with van der Waals surface area (Å²) in [5.74, 6) is -0.430. The molecular weight excluding hydrogens is 194 g/mol. The Balaban J connectivity index is 2.59. The van der Waals surface area contributed by atoms with Gasteiger partial charge in [-0.15, -0.1) is 0 Å². The Bertz CT molecular complexity index is 525. The lowest BCUT2D eigenvalue weighted by molar-refractivity contribution is 0.0697. The molecule has 76 valence electrons. The molecule has 15 heavy (non-hydrogen) atoms. The molecule has 0 aliphatic carbocycles. The van der Waals surface area contributed by atoms with Gasteiger partial charge in [-0.1, -0.05) is 0 Å². The molecule has 0 spiro atoms. The first-order chi connectivity index (χ1) is 7.20. The van der Waals surface area contributed by atoms with Gasteiger partial charge in [-0.25, -0.2) is 14.8 Å². The van der Waals surface area contributed by atoms with Gasteiger partial charge in [0.2, 0.25) is 5.95 Å². The fourth-order valence-corrected chi connectivity index (χ4v) is 1.29. The lowest BCUT2D eigenvalue weighted by Gasteiger charge is -2.01. The number of carboxylic acids is 1. The van der Waals surface area contributed by atoms with E-state index in [-0.39, 0.29) is 5.56 Å². The molecule has 0 amide bonds. The van der Waals surface area contributed by atoms with E-state index < -0.39 is 5.97 Å². The van der Waals surface area contributed by atoms with Gasteiger partial charge in [0.05, 0.1) is 11.1 Å². The molecule has 2 aromatic rings. The molecule has 0 bridgehead atoms. The van der Waals surface area contributed by atoms with Crippen molar-refractivity contribution in [1.29, 1.82) is 0 Å². The lowest BCUT2D eigenvalue weighted by atomic mass is 10.1. The van der Waals surface area contributed by atoms with E-state index in [1.165, 1.54) is 6.07 Å². The van der Waals surface area contributed by atoms with Crippen LogP contribution < -0.4 is 5.32 Å². The number of aromatic carboxylic acids is 1. The zero-order valence-corrected chi connectivity index (χ0v) is 8.06. The van der Waals surface area contributed by atoms with Gasteiger partial charge in [0.15, 0.2) is 0 Å². The fourth-order valence-electron chi connectivity index (χ4n) is 1.29. The van der Waals surface area contributed by atoms with Gasteiger partial charge in [0.1, 0.15) is 0 Å². The first kappa shape index (κ1) is 9.39. The summed E-state index contributed by atoms with van der Waals surface area (Å²) in [7, 11) is 1.73. The molecule has 0 saturated carbocycles. The third-order valence-corrected chi connectivity index (χ3v) is 2.05. The first-order valence-corrected chi connectivity index (χ1v) is 4.38. The Morgan fingerprint density at radius 2 is 2.27 bits per heavy atom. The Labute approximate surface area is 85.8 Å². The molecule has 1 heterocycles. The fraction of sp³-hybridized carbons (Fsp3) is 0.100. The van der Waals surface area contributed by atoms with Crippen LogP contribution in [0.4, 0.5) is 5.95 Å². The summed E-state index contributed by atoms with van der Waals surface area (Å²) in [5, 5.41) is 12.3. The zero-order chi connectivity index (χ0) is 10.8. The monoisotopic (exact) mass is 203 g/mol. The van der Waals surface area contributed by atoms with Crippen LogP contribution in [0, 0.1) is 0 Å². The van der Waals surface area contributed by atoms with E-state index in [4.69, 9.17) is 5.11 Å². The molecule has 5 nitrogen and oxygen atoms in total. The Morgan fingerprint density at radius 3 is 2.93 bits per heavy atom. The predicted octanol–water partition coefficient (Wildman–Crippen LogP) is 1.37. The number of nitrogens with one attached hydrogen (secondary N) is 1. The largest absolute Gasteiger partial charge is 0.478 e. The number of benzene rings is 1. The smallest absolute Gasteiger partial charge is 0.335 e. The number of hydrogen-bond donors (Lipinski definition) is 2.